The molecule has 0 radical (unpaired) electrons. The summed E-state index contributed by atoms with van der Waals surface area (Å²) in [4.78, 5) is 8.94. The van der Waals surface area contributed by atoms with Crippen molar-refractivity contribution in [3.05, 3.63) is 24.2 Å². The fourth-order valence-electron chi connectivity index (χ4n) is 3.23. The highest BCUT2D eigenvalue weighted by Gasteiger charge is 2.22. The van der Waals surface area contributed by atoms with E-state index in [0.29, 0.717) is 12.5 Å². The maximum absolute atomic E-state index is 5.90. The molecule has 0 spiro atoms. The molecule has 0 amide bonds. The molecule has 1 saturated heterocycles. The van der Waals surface area contributed by atoms with Gasteiger partial charge in [-0.3, -0.25) is 14.8 Å². The fourth-order valence-corrected chi connectivity index (χ4v) is 3.23. The first-order chi connectivity index (χ1) is 12.5. The van der Waals surface area contributed by atoms with Crippen molar-refractivity contribution in [3.8, 4) is 0 Å². The van der Waals surface area contributed by atoms with Crippen LogP contribution in [-0.2, 0) is 4.74 Å². The number of likely N-dealkylation sites (N-methyl/N-ethyl adjacent to an activating group) is 1. The average Bonchev–Trinajstić information content (AvgIpc) is 3.11. The quantitative estimate of drug-likeness (QED) is 0.328. The van der Waals surface area contributed by atoms with Crippen LogP contribution in [0.3, 0.4) is 0 Å². The Hall–Kier alpha value is -0.840. The number of nitrogens with one attached hydrogen (secondary N) is 2. The predicted molar refractivity (Wildman–Crippen MR) is 121 cm³/mol. The van der Waals surface area contributed by atoms with E-state index >= 15 is 0 Å². The summed E-state index contributed by atoms with van der Waals surface area (Å²) in [5.74, 6) is 2.41. The Morgan fingerprint density at radius 2 is 2.15 bits per heavy atom. The second-order valence-electron chi connectivity index (χ2n) is 7.48. The number of aliphatic imine (C=N–C) groups is 1. The summed E-state index contributed by atoms with van der Waals surface area (Å²) in [7, 11) is 5.88. The van der Waals surface area contributed by atoms with E-state index in [2.05, 4.69) is 39.3 Å². The molecule has 1 aliphatic heterocycles. The van der Waals surface area contributed by atoms with Gasteiger partial charge in [-0.15, -0.1) is 24.0 Å². The van der Waals surface area contributed by atoms with Crippen LogP contribution in [0.1, 0.15) is 25.6 Å². The minimum absolute atomic E-state index is 0. The lowest BCUT2D eigenvalue weighted by Gasteiger charge is -2.34. The van der Waals surface area contributed by atoms with Gasteiger partial charge in [0.25, 0.3) is 0 Å². The lowest BCUT2D eigenvalue weighted by atomic mass is 10.2. The third-order valence-corrected chi connectivity index (χ3v) is 4.52. The number of halogens is 1. The molecule has 1 aromatic heterocycles. The van der Waals surface area contributed by atoms with Gasteiger partial charge in [-0.25, -0.2) is 0 Å². The van der Waals surface area contributed by atoms with Crippen molar-refractivity contribution in [2.45, 2.75) is 26.0 Å². The lowest BCUT2D eigenvalue weighted by molar-refractivity contribution is -0.0284. The molecule has 7 nitrogen and oxygen atoms in total. The largest absolute Gasteiger partial charge is 0.468 e. The maximum atomic E-state index is 5.90. The van der Waals surface area contributed by atoms with Crippen molar-refractivity contribution in [1.29, 1.82) is 0 Å². The van der Waals surface area contributed by atoms with Crippen LogP contribution in [0.25, 0.3) is 0 Å². The summed E-state index contributed by atoms with van der Waals surface area (Å²) < 4.78 is 11.5. The van der Waals surface area contributed by atoms with Crippen LogP contribution < -0.4 is 10.6 Å². The van der Waals surface area contributed by atoms with E-state index in [4.69, 9.17) is 9.15 Å². The van der Waals surface area contributed by atoms with E-state index in [1.807, 2.05) is 26.2 Å². The molecule has 27 heavy (non-hydrogen) atoms. The molecule has 2 heterocycles. The summed E-state index contributed by atoms with van der Waals surface area (Å²) in [5, 5.41) is 6.78. The molecular weight excluding hydrogens is 457 g/mol. The normalized spacial score (nSPS) is 19.8. The first kappa shape index (κ1) is 24.2. The van der Waals surface area contributed by atoms with Crippen LogP contribution in [0.5, 0.6) is 0 Å². The van der Waals surface area contributed by atoms with E-state index in [9.17, 15) is 0 Å². The highest BCUT2D eigenvalue weighted by molar-refractivity contribution is 14.0. The molecule has 2 unspecified atom stereocenters. The first-order valence-corrected chi connectivity index (χ1v) is 9.48. The molecular formula is C19H36IN5O2. The van der Waals surface area contributed by atoms with Gasteiger partial charge in [0.05, 0.1) is 25.0 Å². The number of guanidine groups is 1. The SMILES string of the molecule is CN=C(NCC1CN(CC(C)C)CCO1)NCC(c1ccco1)N(C)C.I. The van der Waals surface area contributed by atoms with Gasteiger partial charge in [-0.05, 0) is 32.1 Å². The van der Waals surface area contributed by atoms with Crippen LogP contribution in [0, 0.1) is 5.92 Å². The van der Waals surface area contributed by atoms with E-state index in [1.54, 1.807) is 13.3 Å². The zero-order valence-electron chi connectivity index (χ0n) is 17.3. The Morgan fingerprint density at radius 3 is 2.74 bits per heavy atom. The molecule has 8 heteroatoms. The minimum Gasteiger partial charge on any atom is -0.468 e. The Kier molecular flexibility index (Phi) is 11.3. The van der Waals surface area contributed by atoms with Crippen molar-refractivity contribution in [2.75, 3.05) is 60.5 Å². The number of hydrogen-bond acceptors (Lipinski definition) is 5. The van der Waals surface area contributed by atoms with Crippen molar-refractivity contribution in [1.82, 2.24) is 20.4 Å². The van der Waals surface area contributed by atoms with E-state index in [-0.39, 0.29) is 36.1 Å². The Balaban J connectivity index is 0.00000364. The molecule has 2 atom stereocenters. The topological polar surface area (TPSA) is 65.3 Å². The van der Waals surface area contributed by atoms with Crippen molar-refractivity contribution in [3.63, 3.8) is 0 Å². The van der Waals surface area contributed by atoms with Crippen molar-refractivity contribution < 1.29 is 9.15 Å². The molecule has 1 aromatic rings. The van der Waals surface area contributed by atoms with E-state index in [0.717, 1.165) is 44.5 Å². The lowest BCUT2D eigenvalue weighted by Crippen LogP contribution is -2.50. The smallest absolute Gasteiger partial charge is 0.191 e. The summed E-state index contributed by atoms with van der Waals surface area (Å²) >= 11 is 0. The number of morpholine rings is 1. The highest BCUT2D eigenvalue weighted by Crippen LogP contribution is 2.17. The Morgan fingerprint density at radius 1 is 1.37 bits per heavy atom. The number of nitrogens with zero attached hydrogens (tertiary/aromatic N) is 3. The number of rotatable bonds is 8. The molecule has 2 N–H and O–H groups in total. The van der Waals surface area contributed by atoms with Gasteiger partial charge in [0.15, 0.2) is 5.96 Å². The molecule has 0 aliphatic carbocycles. The number of furan rings is 1. The molecule has 1 fully saturated rings. The van der Waals surface area contributed by atoms with Gasteiger partial charge in [0, 0.05) is 39.8 Å². The van der Waals surface area contributed by atoms with Gasteiger partial charge < -0.3 is 19.8 Å². The Labute approximate surface area is 180 Å². The fraction of sp³-hybridized carbons (Fsp3) is 0.737. The van der Waals surface area contributed by atoms with Crippen molar-refractivity contribution in [2.24, 2.45) is 10.9 Å². The second kappa shape index (κ2) is 12.6. The molecule has 0 bridgehead atoms. The number of hydrogen-bond donors (Lipinski definition) is 2. The predicted octanol–water partition coefficient (Wildman–Crippen LogP) is 2.02. The van der Waals surface area contributed by atoms with E-state index in [1.165, 1.54) is 0 Å². The molecule has 0 saturated carbocycles. The summed E-state index contributed by atoms with van der Waals surface area (Å²) in [5.41, 5.74) is 0. The second-order valence-corrected chi connectivity index (χ2v) is 7.48. The van der Waals surface area contributed by atoms with Crippen molar-refractivity contribution >= 4 is 29.9 Å². The summed E-state index contributed by atoms with van der Waals surface area (Å²) in [6.45, 7) is 9.90. The van der Waals surface area contributed by atoms with Gasteiger partial charge in [-0.1, -0.05) is 13.8 Å². The first-order valence-electron chi connectivity index (χ1n) is 9.48. The summed E-state index contributed by atoms with van der Waals surface area (Å²) in [6.07, 6.45) is 1.90. The zero-order valence-corrected chi connectivity index (χ0v) is 19.6. The summed E-state index contributed by atoms with van der Waals surface area (Å²) in [6, 6.07) is 4.07. The van der Waals surface area contributed by atoms with Crippen LogP contribution in [0.2, 0.25) is 0 Å². The monoisotopic (exact) mass is 493 g/mol. The third-order valence-electron chi connectivity index (χ3n) is 4.52. The molecule has 0 aromatic carbocycles. The molecule has 156 valence electrons. The van der Waals surface area contributed by atoms with Crippen LogP contribution >= 0.6 is 24.0 Å². The standard InChI is InChI=1S/C19H35N5O2.HI/c1-15(2)13-24-8-10-25-16(14-24)11-21-19(20-3)22-12-17(23(4)5)18-7-6-9-26-18;/h6-7,9,15-17H,8,10-14H2,1-5H3,(H2,20,21,22);1H. The van der Waals surface area contributed by atoms with Gasteiger partial charge in [0.2, 0.25) is 0 Å². The van der Waals surface area contributed by atoms with E-state index < -0.39 is 0 Å². The van der Waals surface area contributed by atoms with Crippen LogP contribution in [0.4, 0.5) is 0 Å². The van der Waals surface area contributed by atoms with Gasteiger partial charge >= 0.3 is 0 Å². The van der Waals surface area contributed by atoms with Crippen LogP contribution in [0.15, 0.2) is 27.8 Å². The molecule has 1 aliphatic rings. The number of ether oxygens (including phenoxy) is 1. The van der Waals surface area contributed by atoms with Gasteiger partial charge in [0.1, 0.15) is 5.76 Å². The van der Waals surface area contributed by atoms with Gasteiger partial charge in [-0.2, -0.15) is 0 Å². The third kappa shape index (κ3) is 8.37. The van der Waals surface area contributed by atoms with Crippen LogP contribution in [-0.4, -0.2) is 82.3 Å². The maximum Gasteiger partial charge on any atom is 0.191 e. The zero-order chi connectivity index (χ0) is 18.9. The average molecular weight is 493 g/mol. The highest BCUT2D eigenvalue weighted by atomic mass is 127. The molecule has 2 rings (SSSR count). The minimum atomic E-state index is 0. The Bertz CT molecular complexity index is 536.